The molecule has 0 radical (unpaired) electrons. The molecule has 30 heavy (non-hydrogen) atoms. The zero-order valence-electron chi connectivity index (χ0n) is 15.0. The number of carbonyl (C=O) groups excluding carboxylic acids is 2. The molecule has 1 heterocycles. The average molecular weight is 449 g/mol. The number of nitrogens with zero attached hydrogens (tertiary/aromatic N) is 1. The van der Waals surface area contributed by atoms with Crippen molar-refractivity contribution in [2.75, 3.05) is 10.7 Å². The van der Waals surface area contributed by atoms with Gasteiger partial charge in [0.1, 0.15) is 0 Å². The summed E-state index contributed by atoms with van der Waals surface area (Å²) in [4.78, 5) is 25.9. The van der Waals surface area contributed by atoms with Crippen molar-refractivity contribution in [3.05, 3.63) is 59.2 Å². The molecule has 12 heteroatoms. The van der Waals surface area contributed by atoms with Gasteiger partial charge in [0.2, 0.25) is 0 Å². The van der Waals surface area contributed by atoms with Crippen molar-refractivity contribution in [3.8, 4) is 5.75 Å². The lowest BCUT2D eigenvalue weighted by Crippen LogP contribution is -2.34. The number of alkyl halides is 5. The van der Waals surface area contributed by atoms with Gasteiger partial charge in [0.05, 0.1) is 22.6 Å². The Morgan fingerprint density at radius 2 is 1.53 bits per heavy atom. The zero-order valence-corrected chi connectivity index (χ0v) is 15.9. The largest absolute Gasteiger partial charge is 0.458 e. The van der Waals surface area contributed by atoms with Gasteiger partial charge in [0.15, 0.2) is 5.75 Å². The van der Waals surface area contributed by atoms with Crippen LogP contribution in [-0.4, -0.2) is 32.2 Å². The molecule has 1 aliphatic heterocycles. The lowest BCUT2D eigenvalue weighted by atomic mass is 10.1. The molecule has 0 N–H and O–H groups in total. The number of benzene rings is 2. The summed E-state index contributed by atoms with van der Waals surface area (Å²) >= 11 is 0. The van der Waals surface area contributed by atoms with Crippen molar-refractivity contribution in [1.82, 2.24) is 0 Å². The van der Waals surface area contributed by atoms with Crippen LogP contribution in [0.5, 0.6) is 5.75 Å². The number of anilines is 1. The first kappa shape index (κ1) is 21.7. The van der Waals surface area contributed by atoms with Gasteiger partial charge in [-0.15, -0.1) is 0 Å². The Morgan fingerprint density at radius 3 is 2.07 bits per heavy atom. The topological polar surface area (TPSA) is 80.8 Å². The van der Waals surface area contributed by atoms with Gasteiger partial charge in [-0.25, -0.2) is 4.90 Å². The molecular weight excluding hydrogens is 437 g/mol. The summed E-state index contributed by atoms with van der Waals surface area (Å²) in [6.07, 6.45) is -5.82. The van der Waals surface area contributed by atoms with Crippen molar-refractivity contribution in [3.63, 3.8) is 0 Å². The highest BCUT2D eigenvalue weighted by Crippen LogP contribution is 2.44. The van der Waals surface area contributed by atoms with Crippen molar-refractivity contribution in [2.24, 2.45) is 0 Å². The van der Waals surface area contributed by atoms with E-state index >= 15 is 0 Å². The maximum Gasteiger partial charge on any atom is 0.458 e. The molecule has 0 unspecified atom stereocenters. The number of hydrogen-bond acceptors (Lipinski definition) is 5. The molecule has 0 atom stereocenters. The van der Waals surface area contributed by atoms with Crippen LogP contribution in [0, 0.1) is 0 Å². The SMILES string of the molecule is CCS(=O)(=O)Oc1cccc2c1C(=O)N(c1ccc(C(F)(F)C(F)(F)F)cc1)C2=O. The van der Waals surface area contributed by atoms with Gasteiger partial charge in [-0.3, -0.25) is 9.59 Å². The van der Waals surface area contributed by atoms with Crippen LogP contribution in [0.4, 0.5) is 27.6 Å². The minimum absolute atomic E-state index is 0.200. The van der Waals surface area contributed by atoms with Crippen LogP contribution in [0.1, 0.15) is 33.2 Å². The fraction of sp³-hybridized carbons (Fsp3) is 0.222. The van der Waals surface area contributed by atoms with Gasteiger partial charge >= 0.3 is 22.2 Å². The predicted octanol–water partition coefficient (Wildman–Crippen LogP) is 3.87. The van der Waals surface area contributed by atoms with Gasteiger partial charge in [0, 0.05) is 5.56 Å². The molecule has 0 aromatic heterocycles. The number of amides is 2. The monoisotopic (exact) mass is 449 g/mol. The number of rotatable bonds is 5. The third-order valence-corrected chi connectivity index (χ3v) is 5.43. The van der Waals surface area contributed by atoms with Crippen LogP contribution in [0.3, 0.4) is 0 Å². The number of halogens is 5. The first-order valence-corrected chi connectivity index (χ1v) is 9.87. The van der Waals surface area contributed by atoms with Crippen molar-refractivity contribution < 1.29 is 44.1 Å². The first-order chi connectivity index (χ1) is 13.8. The molecule has 0 aliphatic carbocycles. The van der Waals surface area contributed by atoms with E-state index in [0.717, 1.165) is 18.2 Å². The maximum atomic E-state index is 13.4. The minimum Gasteiger partial charge on any atom is -0.382 e. The molecular formula is C18H12F5NO5S. The van der Waals surface area contributed by atoms with Crippen LogP contribution in [-0.2, 0) is 16.0 Å². The molecule has 0 fully saturated rings. The van der Waals surface area contributed by atoms with Gasteiger partial charge < -0.3 is 4.18 Å². The Hall–Kier alpha value is -3.02. The number of hydrogen-bond donors (Lipinski definition) is 0. The maximum absolute atomic E-state index is 13.4. The van der Waals surface area contributed by atoms with E-state index in [-0.39, 0.29) is 16.8 Å². The second-order valence-electron chi connectivity index (χ2n) is 6.17. The van der Waals surface area contributed by atoms with E-state index < -0.39 is 51.1 Å². The molecule has 160 valence electrons. The van der Waals surface area contributed by atoms with Crippen LogP contribution >= 0.6 is 0 Å². The summed E-state index contributed by atoms with van der Waals surface area (Å²) in [6.45, 7) is 1.30. The first-order valence-electron chi connectivity index (χ1n) is 8.29. The smallest absolute Gasteiger partial charge is 0.382 e. The molecule has 0 spiro atoms. The highest BCUT2D eigenvalue weighted by molar-refractivity contribution is 7.87. The zero-order chi connectivity index (χ0) is 22.5. The van der Waals surface area contributed by atoms with E-state index in [4.69, 9.17) is 4.18 Å². The summed E-state index contributed by atoms with van der Waals surface area (Å²) in [7, 11) is -4.03. The summed E-state index contributed by atoms with van der Waals surface area (Å²) in [5, 5.41) is 0. The van der Waals surface area contributed by atoms with Crippen LogP contribution in [0.15, 0.2) is 42.5 Å². The summed E-state index contributed by atoms with van der Waals surface area (Å²) in [6, 6.07) is 6.10. The summed E-state index contributed by atoms with van der Waals surface area (Å²) in [5.74, 6) is -7.84. The molecule has 1 aliphatic rings. The molecule has 2 aromatic rings. The molecule has 0 saturated heterocycles. The van der Waals surface area contributed by atoms with Gasteiger partial charge in [0.25, 0.3) is 11.8 Å². The average Bonchev–Trinajstić information content (AvgIpc) is 2.92. The summed E-state index contributed by atoms with van der Waals surface area (Å²) < 4.78 is 92.7. The third kappa shape index (κ3) is 3.51. The predicted molar refractivity (Wildman–Crippen MR) is 94.1 cm³/mol. The standard InChI is InChI=1S/C18H12F5NO5S/c1-2-30(27,28)29-13-5-3-4-12-14(13)16(26)24(15(12)25)11-8-6-10(7-9-11)17(19,20)18(21,22)23/h3-9H,2H2,1H3. The molecule has 6 nitrogen and oxygen atoms in total. The fourth-order valence-corrected chi connectivity index (χ4v) is 3.27. The lowest BCUT2D eigenvalue weighted by molar-refractivity contribution is -0.289. The van der Waals surface area contributed by atoms with Crippen molar-refractivity contribution in [1.29, 1.82) is 0 Å². The second kappa shape index (κ2) is 7.04. The van der Waals surface area contributed by atoms with Gasteiger partial charge in [-0.2, -0.15) is 30.4 Å². The molecule has 0 saturated carbocycles. The highest BCUT2D eigenvalue weighted by Gasteiger charge is 2.58. The van der Waals surface area contributed by atoms with Crippen molar-refractivity contribution in [2.45, 2.75) is 19.0 Å². The molecule has 0 bridgehead atoms. The van der Waals surface area contributed by atoms with E-state index in [2.05, 4.69) is 0 Å². The van der Waals surface area contributed by atoms with E-state index in [1.807, 2.05) is 0 Å². The Kier molecular flexibility index (Phi) is 5.09. The molecule has 3 rings (SSSR count). The van der Waals surface area contributed by atoms with E-state index in [1.165, 1.54) is 19.1 Å². The Balaban J connectivity index is 1.99. The second-order valence-corrected chi connectivity index (χ2v) is 8.03. The quantitative estimate of drug-likeness (QED) is 0.393. The Bertz CT molecular complexity index is 1130. The Labute approximate surface area is 167 Å². The fourth-order valence-electron chi connectivity index (χ4n) is 2.74. The van der Waals surface area contributed by atoms with Gasteiger partial charge in [-0.05, 0) is 31.2 Å². The van der Waals surface area contributed by atoms with Crippen LogP contribution in [0.2, 0.25) is 0 Å². The van der Waals surface area contributed by atoms with E-state index in [9.17, 15) is 40.0 Å². The number of imide groups is 1. The normalized spacial score (nSPS) is 14.8. The highest BCUT2D eigenvalue weighted by atomic mass is 32.2. The number of carbonyl (C=O) groups is 2. The third-order valence-electron chi connectivity index (χ3n) is 4.29. The number of fused-ring (bicyclic) bond motifs is 1. The minimum atomic E-state index is -5.82. The molecule has 2 aromatic carbocycles. The van der Waals surface area contributed by atoms with Crippen molar-refractivity contribution >= 4 is 27.6 Å². The Morgan fingerprint density at radius 1 is 0.933 bits per heavy atom. The lowest BCUT2D eigenvalue weighted by Gasteiger charge is -2.21. The van der Waals surface area contributed by atoms with Crippen LogP contribution < -0.4 is 9.08 Å². The van der Waals surface area contributed by atoms with E-state index in [1.54, 1.807) is 0 Å². The molecule has 2 amide bonds. The van der Waals surface area contributed by atoms with E-state index in [0.29, 0.717) is 17.0 Å². The van der Waals surface area contributed by atoms with Crippen LogP contribution in [0.25, 0.3) is 0 Å². The summed E-state index contributed by atoms with van der Waals surface area (Å²) in [5.41, 5.74) is -2.20. The van der Waals surface area contributed by atoms with Gasteiger partial charge in [-0.1, -0.05) is 18.2 Å².